The number of nitrogens with zero attached hydrogens (tertiary/aromatic N) is 1. The number of nitrogens with one attached hydrogen (secondary N) is 1. The van der Waals surface area contributed by atoms with Gasteiger partial charge in [-0.05, 0) is 68.1 Å². The lowest BCUT2D eigenvalue weighted by atomic mass is 10.0. The van der Waals surface area contributed by atoms with Gasteiger partial charge in [0.15, 0.2) is 0 Å². The number of amides is 1. The molecule has 4 aromatic carbocycles. The molecule has 0 atom stereocenters. The molecular weight excluding hydrogens is 636 g/mol. The summed E-state index contributed by atoms with van der Waals surface area (Å²) in [5.74, 6) is 2.60. The Balaban J connectivity index is 1.46. The van der Waals surface area contributed by atoms with Crippen LogP contribution in [-0.2, 0) is 28.9 Å². The molecule has 0 saturated carbocycles. The molecule has 0 aliphatic heterocycles. The van der Waals surface area contributed by atoms with Crippen molar-refractivity contribution < 1.29 is 38.0 Å². The lowest BCUT2D eigenvalue weighted by Gasteiger charge is -2.18. The van der Waals surface area contributed by atoms with Gasteiger partial charge in [-0.25, -0.2) is 15.0 Å². The molecule has 50 heavy (non-hydrogen) atoms. The van der Waals surface area contributed by atoms with Crippen molar-refractivity contribution in [3.8, 4) is 28.7 Å². The Morgan fingerprint density at radius 1 is 0.740 bits per heavy atom. The van der Waals surface area contributed by atoms with Gasteiger partial charge in [-0.3, -0.25) is 0 Å². The lowest BCUT2D eigenvalue weighted by Crippen LogP contribution is -2.20. The Bertz CT molecular complexity index is 1740. The Morgan fingerprint density at radius 3 is 2.16 bits per heavy atom. The fourth-order valence-electron chi connectivity index (χ4n) is 5.16. The zero-order valence-electron chi connectivity index (χ0n) is 29.5. The predicted octanol–water partition coefficient (Wildman–Crippen LogP) is 8.68. The molecule has 0 unspecified atom stereocenters. The molecule has 0 heterocycles. The molecule has 0 bridgehead atoms. The topological polar surface area (TPSA) is 114 Å². The maximum atomic E-state index is 12.3. The van der Waals surface area contributed by atoms with Crippen molar-refractivity contribution in [1.29, 1.82) is 0 Å². The van der Waals surface area contributed by atoms with Gasteiger partial charge in [-0.15, -0.1) is 0 Å². The van der Waals surface area contributed by atoms with Crippen LogP contribution in [0, 0.1) is 0 Å². The molecule has 10 nitrogen and oxygen atoms in total. The number of hydrogen-bond acceptors (Lipinski definition) is 9. The molecule has 4 aromatic rings. The number of hydrazone groups is 1. The average Bonchev–Trinajstić information content (AvgIpc) is 3.14. The summed E-state index contributed by atoms with van der Waals surface area (Å²) in [4.78, 5) is 24.2. The Kier molecular flexibility index (Phi) is 14.5. The number of methoxy groups -OCH3 is 1. The third-order valence-electron chi connectivity index (χ3n) is 7.67. The van der Waals surface area contributed by atoms with Crippen LogP contribution in [0.1, 0.15) is 73.1 Å². The molecule has 4 rings (SSSR count). The summed E-state index contributed by atoms with van der Waals surface area (Å²) in [5, 5.41) is 4.24. The molecule has 0 spiro atoms. The van der Waals surface area contributed by atoms with Crippen molar-refractivity contribution in [2.24, 2.45) is 5.10 Å². The Hall–Kier alpha value is -5.51. The highest BCUT2D eigenvalue weighted by Gasteiger charge is 2.18. The van der Waals surface area contributed by atoms with Crippen LogP contribution in [0.15, 0.2) is 90.0 Å². The summed E-state index contributed by atoms with van der Waals surface area (Å²) in [5.41, 5.74) is 7.01. The molecule has 1 amide bonds. The molecule has 0 aliphatic rings. The number of para-hydroxylation sites is 1. The van der Waals surface area contributed by atoms with Crippen LogP contribution >= 0.6 is 0 Å². The van der Waals surface area contributed by atoms with Gasteiger partial charge in [0.05, 0.1) is 32.6 Å². The summed E-state index contributed by atoms with van der Waals surface area (Å²) in [6.45, 7) is 9.11. The second-order valence-electron chi connectivity index (χ2n) is 11.2. The van der Waals surface area contributed by atoms with Crippen LogP contribution in [0.3, 0.4) is 0 Å². The molecule has 0 fully saturated rings. The molecule has 0 radical (unpaired) electrons. The van der Waals surface area contributed by atoms with Gasteiger partial charge < -0.3 is 28.4 Å². The van der Waals surface area contributed by atoms with E-state index in [2.05, 4.69) is 24.4 Å². The van der Waals surface area contributed by atoms with E-state index in [4.69, 9.17) is 28.4 Å². The van der Waals surface area contributed by atoms with Crippen molar-refractivity contribution in [2.45, 2.75) is 60.0 Å². The minimum atomic E-state index is -0.624. The van der Waals surface area contributed by atoms with E-state index >= 15 is 0 Å². The summed E-state index contributed by atoms with van der Waals surface area (Å²) in [6, 6.07) is 26.4. The maximum Gasteiger partial charge on any atom is 0.427 e. The van der Waals surface area contributed by atoms with E-state index in [0.717, 1.165) is 40.8 Å². The van der Waals surface area contributed by atoms with Crippen molar-refractivity contribution >= 4 is 17.8 Å². The highest BCUT2D eigenvalue weighted by Crippen LogP contribution is 2.35. The number of rotatable bonds is 18. The van der Waals surface area contributed by atoms with E-state index in [-0.39, 0.29) is 6.61 Å². The van der Waals surface area contributed by atoms with Crippen LogP contribution < -0.4 is 24.4 Å². The first-order valence-corrected chi connectivity index (χ1v) is 16.9. The van der Waals surface area contributed by atoms with Crippen molar-refractivity contribution in [1.82, 2.24) is 5.43 Å². The van der Waals surface area contributed by atoms with Gasteiger partial charge in [0.25, 0.3) is 0 Å². The number of aryl methyl sites for hydroxylation is 1. The quantitative estimate of drug-likeness (QED) is 0.0480. The van der Waals surface area contributed by atoms with Crippen LogP contribution in [0.2, 0.25) is 0 Å². The first-order valence-electron chi connectivity index (χ1n) is 16.9. The number of carbonyl (C=O) groups excluding carboxylic acids is 2. The number of esters is 1. The molecule has 264 valence electrons. The average molecular weight is 683 g/mol. The second kappa shape index (κ2) is 19.5. The zero-order chi connectivity index (χ0) is 35.7. The Morgan fingerprint density at radius 2 is 1.44 bits per heavy atom. The summed E-state index contributed by atoms with van der Waals surface area (Å²) < 4.78 is 34.9. The Labute approximate surface area is 294 Å². The molecule has 1 N–H and O–H groups in total. The van der Waals surface area contributed by atoms with Gasteiger partial charge in [0.1, 0.15) is 40.9 Å². The third-order valence-corrected chi connectivity index (χ3v) is 7.67. The van der Waals surface area contributed by atoms with E-state index in [9.17, 15) is 9.59 Å². The number of carbonyl (C=O) groups is 2. The van der Waals surface area contributed by atoms with Gasteiger partial charge in [0.2, 0.25) is 0 Å². The van der Waals surface area contributed by atoms with Crippen LogP contribution in [0.25, 0.3) is 0 Å². The maximum absolute atomic E-state index is 12.3. The van der Waals surface area contributed by atoms with Crippen molar-refractivity contribution in [2.75, 3.05) is 26.9 Å². The fourth-order valence-corrected chi connectivity index (χ4v) is 5.16. The molecular formula is C40H46N2O8. The lowest BCUT2D eigenvalue weighted by molar-refractivity contribution is 0.0597. The molecule has 0 aliphatic carbocycles. The summed E-state index contributed by atoms with van der Waals surface area (Å²) in [7, 11) is 1.35. The first kappa shape index (κ1) is 37.3. The smallest absolute Gasteiger partial charge is 0.427 e. The zero-order valence-corrected chi connectivity index (χ0v) is 29.5. The fraction of sp³-hybridized carbons (Fsp3) is 0.325. The largest absolute Gasteiger partial charge is 0.493 e. The third kappa shape index (κ3) is 10.5. The van der Waals surface area contributed by atoms with Gasteiger partial charge in [0, 0.05) is 23.6 Å². The monoisotopic (exact) mass is 682 g/mol. The highest BCUT2D eigenvalue weighted by molar-refractivity contribution is 6.02. The summed E-state index contributed by atoms with van der Waals surface area (Å²) >= 11 is 0. The van der Waals surface area contributed by atoms with Gasteiger partial charge in [-0.2, -0.15) is 5.10 Å². The van der Waals surface area contributed by atoms with E-state index in [1.165, 1.54) is 7.11 Å². The van der Waals surface area contributed by atoms with E-state index < -0.39 is 12.1 Å². The standard InChI is InChI=1S/C40H46N2O8/c1-6-16-31-34(21-14-22-35(31)50-36-20-13-12-19-32(36)39(43)45-5)47-23-15-24-48-37-26-38(49-27-29-17-10-9-11-18-29)33(25-30(37)7-2)28(4)41-42-40(44)46-8-3/h9-14,17-22,25-26H,6-8,15-16,23-24,27H2,1-5H3,(H,42,44). The molecule has 0 aromatic heterocycles. The minimum absolute atomic E-state index is 0.247. The van der Waals surface area contributed by atoms with E-state index in [0.29, 0.717) is 66.9 Å². The number of ether oxygens (including phenoxy) is 6. The van der Waals surface area contributed by atoms with Crippen LogP contribution in [0.5, 0.6) is 28.7 Å². The molecule has 10 heteroatoms. The molecule has 0 saturated heterocycles. The first-order chi connectivity index (χ1) is 24.4. The second-order valence-corrected chi connectivity index (χ2v) is 11.2. The number of hydrogen-bond donors (Lipinski definition) is 1. The van der Waals surface area contributed by atoms with Gasteiger partial charge in [-0.1, -0.05) is 68.8 Å². The van der Waals surface area contributed by atoms with Crippen LogP contribution in [-0.4, -0.2) is 44.7 Å². The highest BCUT2D eigenvalue weighted by atomic mass is 16.6. The van der Waals surface area contributed by atoms with Crippen molar-refractivity contribution in [3.63, 3.8) is 0 Å². The van der Waals surface area contributed by atoms with Gasteiger partial charge >= 0.3 is 12.1 Å². The van der Waals surface area contributed by atoms with Crippen molar-refractivity contribution in [3.05, 3.63) is 113 Å². The van der Waals surface area contributed by atoms with E-state index in [1.807, 2.05) is 66.7 Å². The van der Waals surface area contributed by atoms with E-state index in [1.54, 1.807) is 32.0 Å². The van der Waals surface area contributed by atoms with Crippen LogP contribution in [0.4, 0.5) is 4.79 Å². The predicted molar refractivity (Wildman–Crippen MR) is 193 cm³/mol. The normalized spacial score (nSPS) is 11.0. The summed E-state index contributed by atoms with van der Waals surface area (Å²) in [6.07, 6.45) is 2.32. The minimum Gasteiger partial charge on any atom is -0.493 e. The SMILES string of the molecule is CCCc1c(OCCCOc2cc(OCc3ccccc3)c(C(C)=NNC(=O)OCC)cc2CC)cccc1Oc1ccccc1C(=O)OC. The number of benzene rings is 4.